The van der Waals surface area contributed by atoms with E-state index < -0.39 is 0 Å². The molecule has 0 atom stereocenters. The summed E-state index contributed by atoms with van der Waals surface area (Å²) in [7, 11) is 3.31. The first-order valence-electron chi connectivity index (χ1n) is 9.90. The molecule has 1 aromatic carbocycles. The number of hydrogen-bond acceptors (Lipinski definition) is 7. The minimum absolute atomic E-state index is 0.749. The van der Waals surface area contributed by atoms with Gasteiger partial charge in [-0.05, 0) is 37.6 Å². The van der Waals surface area contributed by atoms with Crippen molar-refractivity contribution in [1.29, 1.82) is 0 Å². The van der Waals surface area contributed by atoms with Crippen molar-refractivity contribution in [1.82, 2.24) is 14.9 Å². The summed E-state index contributed by atoms with van der Waals surface area (Å²) in [6.45, 7) is 10.2. The van der Waals surface area contributed by atoms with Crippen molar-refractivity contribution in [2.75, 3.05) is 63.7 Å². The highest BCUT2D eigenvalue weighted by atomic mass is 16.5. The van der Waals surface area contributed by atoms with Crippen LogP contribution in [0.1, 0.15) is 18.3 Å². The van der Waals surface area contributed by atoms with Crippen LogP contribution in [-0.4, -0.2) is 68.4 Å². The van der Waals surface area contributed by atoms with Gasteiger partial charge in [0, 0.05) is 38.8 Å². The van der Waals surface area contributed by atoms with Gasteiger partial charge >= 0.3 is 0 Å². The van der Waals surface area contributed by atoms with E-state index in [1.165, 1.54) is 5.56 Å². The minimum atomic E-state index is 0.749. The van der Waals surface area contributed by atoms with Gasteiger partial charge in [-0.3, -0.25) is 0 Å². The van der Waals surface area contributed by atoms with Gasteiger partial charge in [0.1, 0.15) is 17.5 Å². The fraction of sp³-hybridized carbons (Fsp3) is 0.524. The first kappa shape index (κ1) is 20.2. The Morgan fingerprint density at radius 3 is 2.43 bits per heavy atom. The van der Waals surface area contributed by atoms with Crippen molar-refractivity contribution < 1.29 is 9.47 Å². The third-order valence-electron chi connectivity index (χ3n) is 5.14. The van der Waals surface area contributed by atoms with Crippen molar-refractivity contribution in [3.05, 3.63) is 35.7 Å². The molecule has 1 aromatic heterocycles. The molecule has 2 aromatic rings. The van der Waals surface area contributed by atoms with Crippen molar-refractivity contribution in [3.63, 3.8) is 0 Å². The summed E-state index contributed by atoms with van der Waals surface area (Å²) in [6.07, 6.45) is 0.869. The van der Waals surface area contributed by atoms with Crippen molar-refractivity contribution in [2.24, 2.45) is 0 Å². The number of aromatic nitrogens is 2. The summed E-state index contributed by atoms with van der Waals surface area (Å²) in [4.78, 5) is 14.0. The van der Waals surface area contributed by atoms with Gasteiger partial charge in [-0.1, -0.05) is 13.0 Å². The molecule has 2 heterocycles. The minimum Gasteiger partial charge on any atom is -0.493 e. The molecular weight excluding hydrogens is 354 g/mol. The summed E-state index contributed by atoms with van der Waals surface area (Å²) < 4.78 is 10.7. The monoisotopic (exact) mass is 385 g/mol. The van der Waals surface area contributed by atoms with E-state index in [2.05, 4.69) is 44.1 Å². The van der Waals surface area contributed by atoms with Gasteiger partial charge in [-0.25, -0.2) is 9.97 Å². The van der Waals surface area contributed by atoms with E-state index in [9.17, 15) is 0 Å². The number of piperazine rings is 1. The largest absolute Gasteiger partial charge is 0.493 e. The van der Waals surface area contributed by atoms with Crippen LogP contribution in [0.4, 0.5) is 11.6 Å². The van der Waals surface area contributed by atoms with Crippen LogP contribution in [0.2, 0.25) is 0 Å². The Kier molecular flexibility index (Phi) is 6.92. The van der Waals surface area contributed by atoms with E-state index >= 15 is 0 Å². The molecular formula is C21H31N5O2. The van der Waals surface area contributed by atoms with Crippen LogP contribution in [-0.2, 0) is 6.42 Å². The number of aryl methyl sites for hydroxylation is 1. The molecule has 1 saturated heterocycles. The van der Waals surface area contributed by atoms with E-state index in [1.54, 1.807) is 14.2 Å². The highest BCUT2D eigenvalue weighted by Gasteiger charge is 2.17. The number of ether oxygens (including phenoxy) is 2. The maximum Gasteiger partial charge on any atom is 0.160 e. The Hall–Kier alpha value is -2.54. The summed E-state index contributed by atoms with van der Waals surface area (Å²) in [5, 5.41) is 3.44. The smallest absolute Gasteiger partial charge is 0.160 e. The quantitative estimate of drug-likeness (QED) is 0.749. The molecule has 0 spiro atoms. The van der Waals surface area contributed by atoms with E-state index in [1.807, 2.05) is 19.1 Å². The summed E-state index contributed by atoms with van der Waals surface area (Å²) in [5.74, 6) is 4.19. The predicted octanol–water partition coefficient (Wildman–Crippen LogP) is 2.60. The van der Waals surface area contributed by atoms with Crippen LogP contribution in [0.25, 0.3) is 0 Å². The molecule has 1 N–H and O–H groups in total. The first-order chi connectivity index (χ1) is 13.6. The van der Waals surface area contributed by atoms with Crippen LogP contribution < -0.4 is 19.7 Å². The van der Waals surface area contributed by atoms with Crippen LogP contribution in [0.3, 0.4) is 0 Å². The summed E-state index contributed by atoms with van der Waals surface area (Å²) >= 11 is 0. The number of nitrogens with one attached hydrogen (secondary N) is 1. The zero-order chi connectivity index (χ0) is 19.9. The van der Waals surface area contributed by atoms with Crippen molar-refractivity contribution in [2.45, 2.75) is 20.3 Å². The number of anilines is 2. The van der Waals surface area contributed by atoms with Crippen LogP contribution in [0, 0.1) is 6.92 Å². The molecule has 1 aliphatic rings. The third-order valence-corrected chi connectivity index (χ3v) is 5.14. The fourth-order valence-electron chi connectivity index (χ4n) is 3.47. The van der Waals surface area contributed by atoms with E-state index in [4.69, 9.17) is 9.47 Å². The lowest BCUT2D eigenvalue weighted by Gasteiger charge is -2.34. The maximum absolute atomic E-state index is 5.38. The Morgan fingerprint density at radius 2 is 1.75 bits per heavy atom. The average molecular weight is 386 g/mol. The molecule has 1 aliphatic heterocycles. The molecule has 0 saturated carbocycles. The zero-order valence-corrected chi connectivity index (χ0v) is 17.4. The van der Waals surface area contributed by atoms with Crippen molar-refractivity contribution in [3.8, 4) is 11.5 Å². The molecule has 0 bridgehead atoms. The Morgan fingerprint density at radius 1 is 1.00 bits per heavy atom. The second kappa shape index (κ2) is 9.59. The fourth-order valence-corrected chi connectivity index (χ4v) is 3.47. The molecule has 0 radical (unpaired) electrons. The predicted molar refractivity (Wildman–Crippen MR) is 113 cm³/mol. The topological polar surface area (TPSA) is 62.8 Å². The summed E-state index contributed by atoms with van der Waals surface area (Å²) in [6, 6.07) is 8.08. The molecule has 0 amide bonds. The lowest BCUT2D eigenvalue weighted by molar-refractivity contribution is 0.270. The number of hydrogen-bond donors (Lipinski definition) is 1. The normalized spacial score (nSPS) is 14.8. The van der Waals surface area contributed by atoms with Crippen LogP contribution in [0.15, 0.2) is 24.3 Å². The lowest BCUT2D eigenvalue weighted by atomic mass is 10.1. The second-order valence-electron chi connectivity index (χ2n) is 6.95. The highest BCUT2D eigenvalue weighted by molar-refractivity contribution is 5.50. The Labute approximate surface area is 167 Å². The molecule has 0 unspecified atom stereocenters. The van der Waals surface area contributed by atoms with Gasteiger partial charge < -0.3 is 24.6 Å². The van der Waals surface area contributed by atoms with Gasteiger partial charge in [0.25, 0.3) is 0 Å². The van der Waals surface area contributed by atoms with Crippen LogP contribution >= 0.6 is 0 Å². The first-order valence-corrected chi connectivity index (χ1v) is 9.90. The van der Waals surface area contributed by atoms with Gasteiger partial charge in [0.2, 0.25) is 0 Å². The van der Waals surface area contributed by atoms with Crippen molar-refractivity contribution >= 4 is 11.6 Å². The Balaban J connectivity index is 1.60. The zero-order valence-electron chi connectivity index (χ0n) is 17.4. The Bertz CT molecular complexity index is 775. The standard InChI is InChI=1S/C21H31N5O2/c1-5-25-10-12-26(13-11-25)21-15-20(23-16(2)24-21)22-9-8-17-6-7-18(27-3)19(14-17)28-4/h6-7,14-15H,5,8-13H2,1-4H3,(H,22,23,24). The lowest BCUT2D eigenvalue weighted by Crippen LogP contribution is -2.46. The SMILES string of the molecule is CCN1CCN(c2cc(NCCc3ccc(OC)c(OC)c3)nc(C)n2)CC1. The molecule has 3 rings (SSSR count). The van der Waals surface area contributed by atoms with Gasteiger partial charge in [0.15, 0.2) is 11.5 Å². The molecule has 152 valence electrons. The van der Waals surface area contributed by atoms with Crippen LogP contribution in [0.5, 0.6) is 11.5 Å². The van der Waals surface area contributed by atoms with E-state index in [-0.39, 0.29) is 0 Å². The third kappa shape index (κ3) is 5.04. The second-order valence-corrected chi connectivity index (χ2v) is 6.95. The average Bonchev–Trinajstić information content (AvgIpc) is 2.73. The number of benzene rings is 1. The van der Waals surface area contributed by atoms with Gasteiger partial charge in [-0.15, -0.1) is 0 Å². The molecule has 0 aliphatic carbocycles. The van der Waals surface area contributed by atoms with Gasteiger partial charge in [0.05, 0.1) is 14.2 Å². The maximum atomic E-state index is 5.38. The molecule has 1 fully saturated rings. The van der Waals surface area contributed by atoms with E-state index in [0.29, 0.717) is 0 Å². The molecule has 7 heteroatoms. The number of rotatable bonds is 8. The van der Waals surface area contributed by atoms with Gasteiger partial charge in [-0.2, -0.15) is 0 Å². The molecule has 7 nitrogen and oxygen atoms in total. The summed E-state index contributed by atoms with van der Waals surface area (Å²) in [5.41, 5.74) is 1.19. The molecule has 28 heavy (non-hydrogen) atoms. The number of nitrogens with zero attached hydrogens (tertiary/aromatic N) is 4. The number of likely N-dealkylation sites (N-methyl/N-ethyl adjacent to an activating group) is 1. The number of methoxy groups -OCH3 is 2. The van der Waals surface area contributed by atoms with E-state index in [0.717, 1.165) is 74.6 Å². The highest BCUT2D eigenvalue weighted by Crippen LogP contribution is 2.27.